The Morgan fingerprint density at radius 1 is 1.37 bits per heavy atom. The van der Waals surface area contributed by atoms with Gasteiger partial charge < -0.3 is 10.6 Å². The third-order valence-corrected chi connectivity index (χ3v) is 4.06. The smallest absolute Gasteiger partial charge is 0.251 e. The molecule has 0 aromatic heterocycles. The maximum Gasteiger partial charge on any atom is 0.251 e. The van der Waals surface area contributed by atoms with E-state index in [1.807, 2.05) is 32.2 Å². The second-order valence-corrected chi connectivity index (χ2v) is 6.36. The van der Waals surface area contributed by atoms with Crippen LogP contribution in [0.2, 0.25) is 0 Å². The first-order valence-corrected chi connectivity index (χ1v) is 7.00. The van der Waals surface area contributed by atoms with E-state index in [1.165, 1.54) is 6.42 Å². The Balaban J connectivity index is 2.02. The Morgan fingerprint density at radius 3 is 2.63 bits per heavy atom. The van der Waals surface area contributed by atoms with E-state index in [9.17, 15) is 4.79 Å². The number of carbonyl (C=O) groups is 1. The molecule has 1 aromatic rings. The van der Waals surface area contributed by atoms with Gasteiger partial charge in [0.25, 0.3) is 5.91 Å². The number of rotatable bonds is 3. The van der Waals surface area contributed by atoms with Crippen molar-refractivity contribution in [3.05, 3.63) is 29.3 Å². The van der Waals surface area contributed by atoms with Crippen LogP contribution in [0.4, 0.5) is 5.69 Å². The van der Waals surface area contributed by atoms with E-state index in [-0.39, 0.29) is 5.91 Å². The summed E-state index contributed by atoms with van der Waals surface area (Å²) < 4.78 is 0. The number of benzene rings is 1. The summed E-state index contributed by atoms with van der Waals surface area (Å²) in [6, 6.07) is 6.12. The predicted molar refractivity (Wildman–Crippen MR) is 79.6 cm³/mol. The van der Waals surface area contributed by atoms with Crippen LogP contribution in [0.3, 0.4) is 0 Å². The van der Waals surface area contributed by atoms with Gasteiger partial charge in [0, 0.05) is 24.3 Å². The Hall–Kier alpha value is -1.51. The summed E-state index contributed by atoms with van der Waals surface area (Å²) in [7, 11) is 1.89. The Morgan fingerprint density at radius 2 is 2.11 bits per heavy atom. The second kappa shape index (κ2) is 5.24. The van der Waals surface area contributed by atoms with Gasteiger partial charge in [0.05, 0.1) is 0 Å². The van der Waals surface area contributed by atoms with Gasteiger partial charge in [-0.1, -0.05) is 13.8 Å². The first kappa shape index (κ1) is 13.9. The molecule has 0 radical (unpaired) electrons. The van der Waals surface area contributed by atoms with Crippen LogP contribution in [0, 0.1) is 12.3 Å². The highest BCUT2D eigenvalue weighted by Gasteiger charge is 2.31. The van der Waals surface area contributed by atoms with Crippen molar-refractivity contribution in [2.45, 2.75) is 46.1 Å². The lowest BCUT2D eigenvalue weighted by atomic mass is 9.92. The highest BCUT2D eigenvalue weighted by atomic mass is 16.1. The molecule has 104 valence electrons. The lowest BCUT2D eigenvalue weighted by Gasteiger charge is -2.18. The van der Waals surface area contributed by atoms with Crippen LogP contribution in [0.1, 0.15) is 49.0 Å². The largest absolute Gasteiger partial charge is 0.388 e. The lowest BCUT2D eigenvalue weighted by molar-refractivity contribution is 0.0936. The van der Waals surface area contributed by atoms with Gasteiger partial charge in [0.15, 0.2) is 0 Å². The van der Waals surface area contributed by atoms with Crippen molar-refractivity contribution in [2.24, 2.45) is 5.41 Å². The molecule has 1 aliphatic carbocycles. The van der Waals surface area contributed by atoms with Crippen LogP contribution in [0.25, 0.3) is 0 Å². The van der Waals surface area contributed by atoms with Crippen molar-refractivity contribution < 1.29 is 4.79 Å². The number of aryl methyl sites for hydroxylation is 1. The van der Waals surface area contributed by atoms with E-state index in [0.717, 1.165) is 29.7 Å². The summed E-state index contributed by atoms with van der Waals surface area (Å²) in [6.07, 6.45) is 3.36. The minimum atomic E-state index is 0.0495. The monoisotopic (exact) mass is 260 g/mol. The number of hydrogen-bond donors (Lipinski definition) is 2. The van der Waals surface area contributed by atoms with Crippen LogP contribution >= 0.6 is 0 Å². The number of hydrogen-bond acceptors (Lipinski definition) is 2. The van der Waals surface area contributed by atoms with E-state index in [4.69, 9.17) is 0 Å². The molecule has 1 fully saturated rings. The summed E-state index contributed by atoms with van der Waals surface area (Å²) in [5.74, 6) is 0.0495. The van der Waals surface area contributed by atoms with E-state index in [0.29, 0.717) is 11.5 Å². The van der Waals surface area contributed by atoms with Crippen molar-refractivity contribution in [2.75, 3.05) is 12.4 Å². The van der Waals surface area contributed by atoms with Crippen LogP contribution in [-0.2, 0) is 0 Å². The van der Waals surface area contributed by atoms with Gasteiger partial charge >= 0.3 is 0 Å². The number of nitrogens with one attached hydrogen (secondary N) is 2. The van der Waals surface area contributed by atoms with Crippen molar-refractivity contribution in [3.8, 4) is 0 Å². The lowest BCUT2D eigenvalue weighted by Crippen LogP contribution is -2.33. The highest BCUT2D eigenvalue weighted by Crippen LogP contribution is 2.37. The van der Waals surface area contributed by atoms with Crippen LogP contribution in [0.5, 0.6) is 0 Å². The molecule has 0 spiro atoms. The van der Waals surface area contributed by atoms with Gasteiger partial charge in [0.2, 0.25) is 0 Å². The molecule has 1 atom stereocenters. The minimum Gasteiger partial charge on any atom is -0.388 e. The highest BCUT2D eigenvalue weighted by molar-refractivity contribution is 5.95. The molecule has 1 saturated carbocycles. The molecule has 1 aliphatic rings. The van der Waals surface area contributed by atoms with Crippen LogP contribution < -0.4 is 10.6 Å². The van der Waals surface area contributed by atoms with Crippen molar-refractivity contribution in [1.82, 2.24) is 5.32 Å². The third kappa shape index (κ3) is 3.28. The number of amides is 1. The average Bonchev–Trinajstić information content (AvgIpc) is 2.68. The fourth-order valence-corrected chi connectivity index (χ4v) is 2.91. The fraction of sp³-hybridized carbons (Fsp3) is 0.562. The molecule has 0 bridgehead atoms. The fourth-order valence-electron chi connectivity index (χ4n) is 2.91. The molecule has 0 aliphatic heterocycles. The first-order chi connectivity index (χ1) is 8.91. The SMILES string of the molecule is CNc1ccc(C(=O)NC2CCC(C)(C)C2)cc1C. The average molecular weight is 260 g/mol. The molecule has 0 saturated heterocycles. The molecule has 1 amide bonds. The van der Waals surface area contributed by atoms with Crippen molar-refractivity contribution in [1.29, 1.82) is 0 Å². The summed E-state index contributed by atoms with van der Waals surface area (Å²) in [4.78, 5) is 12.2. The predicted octanol–water partition coefficient (Wildman–Crippen LogP) is 3.35. The zero-order valence-corrected chi connectivity index (χ0v) is 12.3. The zero-order chi connectivity index (χ0) is 14.0. The molecule has 3 nitrogen and oxygen atoms in total. The summed E-state index contributed by atoms with van der Waals surface area (Å²) in [6.45, 7) is 6.55. The van der Waals surface area contributed by atoms with Gasteiger partial charge in [-0.25, -0.2) is 0 Å². The van der Waals surface area contributed by atoms with Crippen LogP contribution in [-0.4, -0.2) is 19.0 Å². The molecule has 1 unspecified atom stereocenters. The third-order valence-electron chi connectivity index (χ3n) is 4.06. The number of carbonyl (C=O) groups excluding carboxylic acids is 1. The van der Waals surface area contributed by atoms with Crippen molar-refractivity contribution >= 4 is 11.6 Å². The summed E-state index contributed by atoms with van der Waals surface area (Å²) >= 11 is 0. The van der Waals surface area contributed by atoms with E-state index >= 15 is 0 Å². The maximum absolute atomic E-state index is 12.2. The molecule has 1 aromatic carbocycles. The minimum absolute atomic E-state index is 0.0495. The quantitative estimate of drug-likeness (QED) is 0.875. The maximum atomic E-state index is 12.2. The van der Waals surface area contributed by atoms with E-state index in [1.54, 1.807) is 0 Å². The van der Waals surface area contributed by atoms with Gasteiger partial charge in [-0.2, -0.15) is 0 Å². The van der Waals surface area contributed by atoms with Gasteiger partial charge in [-0.3, -0.25) is 4.79 Å². The van der Waals surface area contributed by atoms with Crippen molar-refractivity contribution in [3.63, 3.8) is 0 Å². The Kier molecular flexibility index (Phi) is 3.83. The molecular formula is C16H24N2O. The Labute approximate surface area is 115 Å². The molecule has 2 N–H and O–H groups in total. The van der Waals surface area contributed by atoms with E-state index < -0.39 is 0 Å². The topological polar surface area (TPSA) is 41.1 Å². The molecular weight excluding hydrogens is 236 g/mol. The summed E-state index contributed by atoms with van der Waals surface area (Å²) in [5.41, 5.74) is 3.28. The Bertz CT molecular complexity index is 480. The normalized spacial score (nSPS) is 21.2. The first-order valence-electron chi connectivity index (χ1n) is 7.00. The zero-order valence-electron chi connectivity index (χ0n) is 12.3. The molecule has 19 heavy (non-hydrogen) atoms. The van der Waals surface area contributed by atoms with Gasteiger partial charge in [-0.15, -0.1) is 0 Å². The molecule has 0 heterocycles. The van der Waals surface area contributed by atoms with E-state index in [2.05, 4.69) is 24.5 Å². The summed E-state index contributed by atoms with van der Waals surface area (Å²) in [5, 5.41) is 6.27. The number of anilines is 1. The van der Waals surface area contributed by atoms with Crippen LogP contribution in [0.15, 0.2) is 18.2 Å². The second-order valence-electron chi connectivity index (χ2n) is 6.36. The van der Waals surface area contributed by atoms with Gasteiger partial charge in [0.1, 0.15) is 0 Å². The molecule has 3 heteroatoms. The van der Waals surface area contributed by atoms with Gasteiger partial charge in [-0.05, 0) is 55.4 Å². The molecule has 2 rings (SSSR count). The standard InChI is InChI=1S/C16H24N2O/c1-11-9-12(5-6-14(11)17-4)15(19)18-13-7-8-16(2,3)10-13/h5-6,9,13,17H,7-8,10H2,1-4H3,(H,18,19).